The SMILES string of the molecule is O=C1CCC(NC(=O)C2(Oc3ccccc3Cl)CCCCC2)C(=O)N1. The van der Waals surface area contributed by atoms with Gasteiger partial charge in [-0.05, 0) is 44.2 Å². The number of halogens is 1. The second-order valence-corrected chi connectivity index (χ2v) is 6.97. The summed E-state index contributed by atoms with van der Waals surface area (Å²) in [5.74, 6) is -0.630. The van der Waals surface area contributed by atoms with Crippen molar-refractivity contribution in [1.29, 1.82) is 0 Å². The van der Waals surface area contributed by atoms with Gasteiger partial charge in [-0.2, -0.15) is 0 Å². The van der Waals surface area contributed by atoms with E-state index < -0.39 is 17.6 Å². The van der Waals surface area contributed by atoms with E-state index in [1.807, 2.05) is 0 Å². The minimum Gasteiger partial charge on any atom is -0.476 e. The van der Waals surface area contributed by atoms with Gasteiger partial charge in [-0.25, -0.2) is 0 Å². The number of hydrogen-bond acceptors (Lipinski definition) is 4. The molecule has 1 saturated carbocycles. The van der Waals surface area contributed by atoms with Gasteiger partial charge >= 0.3 is 0 Å². The molecule has 3 rings (SSSR count). The van der Waals surface area contributed by atoms with Crippen LogP contribution in [0.3, 0.4) is 0 Å². The predicted octanol–water partition coefficient (Wildman–Crippen LogP) is 2.34. The van der Waals surface area contributed by atoms with Crippen LogP contribution in [-0.2, 0) is 14.4 Å². The fraction of sp³-hybridized carbons (Fsp3) is 0.500. The normalized spacial score (nSPS) is 22.8. The highest BCUT2D eigenvalue weighted by molar-refractivity contribution is 6.32. The van der Waals surface area contributed by atoms with Crippen LogP contribution in [0.2, 0.25) is 5.02 Å². The zero-order chi connectivity index (χ0) is 17.9. The summed E-state index contributed by atoms with van der Waals surface area (Å²) in [5, 5.41) is 5.47. The van der Waals surface area contributed by atoms with E-state index in [1.165, 1.54) is 0 Å². The molecule has 2 aliphatic rings. The fourth-order valence-electron chi connectivity index (χ4n) is 3.36. The van der Waals surface area contributed by atoms with Crippen LogP contribution in [0, 0.1) is 0 Å². The standard InChI is InChI=1S/C18H21ClN2O4/c19-12-6-2-3-7-14(12)25-18(10-4-1-5-11-18)17(24)20-13-8-9-15(22)21-16(13)23/h2-3,6-7,13H,1,4-5,8-11H2,(H,20,24)(H,21,22,23). The van der Waals surface area contributed by atoms with Crippen molar-refractivity contribution in [3.63, 3.8) is 0 Å². The first-order valence-corrected chi connectivity index (χ1v) is 8.96. The Labute approximate surface area is 151 Å². The summed E-state index contributed by atoms with van der Waals surface area (Å²) >= 11 is 6.18. The molecule has 0 spiro atoms. The maximum absolute atomic E-state index is 13.0. The summed E-state index contributed by atoms with van der Waals surface area (Å²) in [6.07, 6.45) is 4.43. The van der Waals surface area contributed by atoms with Crippen LogP contribution < -0.4 is 15.4 Å². The molecule has 2 N–H and O–H groups in total. The Morgan fingerprint density at radius 2 is 1.92 bits per heavy atom. The Bertz CT molecular complexity index is 685. The lowest BCUT2D eigenvalue weighted by Crippen LogP contribution is -2.59. The number of piperidine rings is 1. The second-order valence-electron chi connectivity index (χ2n) is 6.56. The molecule has 0 radical (unpaired) electrons. The molecule has 2 fully saturated rings. The smallest absolute Gasteiger partial charge is 0.264 e. The fourth-order valence-corrected chi connectivity index (χ4v) is 3.53. The van der Waals surface area contributed by atoms with Gasteiger partial charge in [0.15, 0.2) is 5.60 Å². The van der Waals surface area contributed by atoms with Gasteiger partial charge in [0.1, 0.15) is 11.8 Å². The van der Waals surface area contributed by atoms with Gasteiger partial charge in [0.25, 0.3) is 5.91 Å². The molecule has 7 heteroatoms. The van der Waals surface area contributed by atoms with E-state index in [2.05, 4.69) is 10.6 Å². The summed E-state index contributed by atoms with van der Waals surface area (Å²) in [5.41, 5.74) is -1.04. The zero-order valence-corrected chi connectivity index (χ0v) is 14.6. The molecule has 1 heterocycles. The highest BCUT2D eigenvalue weighted by Crippen LogP contribution is 2.36. The molecule has 3 amide bonds. The molecule has 134 valence electrons. The minimum atomic E-state index is -1.04. The van der Waals surface area contributed by atoms with Gasteiger partial charge in [-0.3, -0.25) is 19.7 Å². The maximum atomic E-state index is 13.0. The number of rotatable bonds is 4. The van der Waals surface area contributed by atoms with Crippen LogP contribution in [-0.4, -0.2) is 29.4 Å². The van der Waals surface area contributed by atoms with E-state index in [-0.39, 0.29) is 18.2 Å². The average Bonchev–Trinajstić information content (AvgIpc) is 2.60. The largest absolute Gasteiger partial charge is 0.476 e. The summed E-state index contributed by atoms with van der Waals surface area (Å²) < 4.78 is 6.09. The number of para-hydroxylation sites is 1. The van der Waals surface area contributed by atoms with Gasteiger partial charge in [-0.15, -0.1) is 0 Å². The number of carbonyl (C=O) groups is 3. The summed E-state index contributed by atoms with van der Waals surface area (Å²) in [4.78, 5) is 36.2. The molecule has 1 aromatic rings. The molecule has 1 saturated heterocycles. The Morgan fingerprint density at radius 1 is 1.20 bits per heavy atom. The van der Waals surface area contributed by atoms with Crippen LogP contribution in [0.15, 0.2) is 24.3 Å². The van der Waals surface area contributed by atoms with E-state index in [1.54, 1.807) is 24.3 Å². The molecule has 6 nitrogen and oxygen atoms in total. The van der Waals surface area contributed by atoms with Crippen LogP contribution in [0.4, 0.5) is 0 Å². The van der Waals surface area contributed by atoms with Gasteiger partial charge in [0.2, 0.25) is 11.8 Å². The van der Waals surface area contributed by atoms with Gasteiger partial charge in [0, 0.05) is 6.42 Å². The van der Waals surface area contributed by atoms with Gasteiger partial charge < -0.3 is 10.1 Å². The highest BCUT2D eigenvalue weighted by atomic mass is 35.5. The third-order valence-electron chi connectivity index (χ3n) is 4.76. The molecular formula is C18H21ClN2O4. The number of nitrogens with one attached hydrogen (secondary N) is 2. The zero-order valence-electron chi connectivity index (χ0n) is 13.8. The van der Waals surface area contributed by atoms with Crippen LogP contribution in [0.1, 0.15) is 44.9 Å². The van der Waals surface area contributed by atoms with E-state index in [9.17, 15) is 14.4 Å². The molecule has 1 unspecified atom stereocenters. The van der Waals surface area contributed by atoms with Crippen LogP contribution >= 0.6 is 11.6 Å². The van der Waals surface area contributed by atoms with Crippen molar-refractivity contribution < 1.29 is 19.1 Å². The minimum absolute atomic E-state index is 0.217. The lowest BCUT2D eigenvalue weighted by molar-refractivity contribution is -0.145. The number of imide groups is 1. The summed E-state index contributed by atoms with van der Waals surface area (Å²) in [7, 11) is 0. The lowest BCUT2D eigenvalue weighted by Gasteiger charge is -2.37. The lowest BCUT2D eigenvalue weighted by atomic mass is 9.83. The summed E-state index contributed by atoms with van der Waals surface area (Å²) in [6, 6.07) is 6.34. The van der Waals surface area contributed by atoms with Crippen molar-refractivity contribution in [2.45, 2.75) is 56.6 Å². The predicted molar refractivity (Wildman–Crippen MR) is 92.2 cm³/mol. The number of carbonyl (C=O) groups excluding carboxylic acids is 3. The number of ether oxygens (including phenoxy) is 1. The summed E-state index contributed by atoms with van der Waals surface area (Å²) in [6.45, 7) is 0. The first-order chi connectivity index (χ1) is 12.0. The van der Waals surface area contributed by atoms with E-state index in [0.29, 0.717) is 30.0 Å². The first-order valence-electron chi connectivity index (χ1n) is 8.58. The number of hydrogen-bond donors (Lipinski definition) is 2. The van der Waals surface area contributed by atoms with Crippen molar-refractivity contribution in [3.8, 4) is 5.75 Å². The Kier molecular flexibility index (Phi) is 5.27. The maximum Gasteiger partial charge on any atom is 0.264 e. The average molecular weight is 365 g/mol. The third kappa shape index (κ3) is 3.95. The Hall–Kier alpha value is -2.08. The Morgan fingerprint density at radius 3 is 2.60 bits per heavy atom. The molecule has 1 aliphatic heterocycles. The molecule has 1 aliphatic carbocycles. The van der Waals surface area contributed by atoms with Gasteiger partial charge in [0.05, 0.1) is 5.02 Å². The quantitative estimate of drug-likeness (QED) is 0.803. The van der Waals surface area contributed by atoms with Crippen molar-refractivity contribution in [2.24, 2.45) is 0 Å². The van der Waals surface area contributed by atoms with E-state index >= 15 is 0 Å². The second kappa shape index (κ2) is 7.44. The number of amides is 3. The monoisotopic (exact) mass is 364 g/mol. The van der Waals surface area contributed by atoms with Crippen LogP contribution in [0.25, 0.3) is 0 Å². The van der Waals surface area contributed by atoms with Crippen molar-refractivity contribution in [3.05, 3.63) is 29.3 Å². The topological polar surface area (TPSA) is 84.5 Å². The first kappa shape index (κ1) is 17.7. The highest BCUT2D eigenvalue weighted by Gasteiger charge is 2.44. The van der Waals surface area contributed by atoms with Crippen LogP contribution in [0.5, 0.6) is 5.75 Å². The van der Waals surface area contributed by atoms with E-state index in [0.717, 1.165) is 19.3 Å². The third-order valence-corrected chi connectivity index (χ3v) is 5.07. The molecule has 0 aromatic heterocycles. The van der Waals surface area contributed by atoms with E-state index in [4.69, 9.17) is 16.3 Å². The van der Waals surface area contributed by atoms with Crippen molar-refractivity contribution in [2.75, 3.05) is 0 Å². The molecular weight excluding hydrogens is 344 g/mol. The molecule has 0 bridgehead atoms. The number of benzene rings is 1. The van der Waals surface area contributed by atoms with Crippen molar-refractivity contribution >= 4 is 29.3 Å². The Balaban J connectivity index is 1.77. The van der Waals surface area contributed by atoms with Crippen molar-refractivity contribution in [1.82, 2.24) is 10.6 Å². The van der Waals surface area contributed by atoms with Gasteiger partial charge in [-0.1, -0.05) is 30.2 Å². The molecule has 25 heavy (non-hydrogen) atoms. The molecule has 1 aromatic carbocycles. The molecule has 1 atom stereocenters.